The van der Waals surface area contributed by atoms with Crippen molar-refractivity contribution in [2.24, 2.45) is 17.6 Å². The molecule has 1 saturated carbocycles. The van der Waals surface area contributed by atoms with Gasteiger partial charge in [0.25, 0.3) is 0 Å². The molecule has 3 unspecified atom stereocenters. The lowest BCUT2D eigenvalue weighted by atomic mass is 9.74. The second-order valence-corrected chi connectivity index (χ2v) is 7.65. The van der Waals surface area contributed by atoms with Crippen LogP contribution in [-0.4, -0.2) is 0 Å². The van der Waals surface area contributed by atoms with Gasteiger partial charge in [0, 0.05) is 10.9 Å². The molecule has 0 bridgehead atoms. The molecule has 1 aliphatic rings. The van der Waals surface area contributed by atoms with E-state index in [1.807, 2.05) is 11.3 Å². The van der Waals surface area contributed by atoms with Crippen LogP contribution < -0.4 is 5.73 Å². The van der Waals surface area contributed by atoms with E-state index in [4.69, 9.17) is 5.73 Å². The van der Waals surface area contributed by atoms with Crippen LogP contribution >= 0.6 is 27.3 Å². The third kappa shape index (κ3) is 2.94. The van der Waals surface area contributed by atoms with Gasteiger partial charge in [-0.3, -0.25) is 0 Å². The van der Waals surface area contributed by atoms with Gasteiger partial charge in [0.1, 0.15) is 0 Å². The van der Waals surface area contributed by atoms with E-state index in [0.717, 1.165) is 5.92 Å². The van der Waals surface area contributed by atoms with Crippen LogP contribution in [0.1, 0.15) is 55.5 Å². The molecule has 0 radical (unpaired) electrons. The first-order valence-corrected chi connectivity index (χ1v) is 8.25. The van der Waals surface area contributed by atoms with Crippen molar-refractivity contribution in [1.29, 1.82) is 0 Å². The fraction of sp³-hybridized carbons (Fsp3) is 0.714. The molecule has 2 N–H and O–H groups in total. The Labute approximate surface area is 117 Å². The van der Waals surface area contributed by atoms with E-state index in [1.165, 1.54) is 46.3 Å². The summed E-state index contributed by atoms with van der Waals surface area (Å²) in [5.74, 6) is 1.53. The van der Waals surface area contributed by atoms with Crippen molar-refractivity contribution in [3.63, 3.8) is 0 Å². The molecule has 3 heteroatoms. The predicted molar refractivity (Wildman–Crippen MR) is 79.4 cm³/mol. The topological polar surface area (TPSA) is 26.0 Å². The highest BCUT2D eigenvalue weighted by molar-refractivity contribution is 9.11. The molecule has 1 aliphatic carbocycles. The zero-order valence-corrected chi connectivity index (χ0v) is 13.1. The largest absolute Gasteiger partial charge is 0.323 e. The summed E-state index contributed by atoms with van der Waals surface area (Å²) >= 11 is 5.42. The van der Waals surface area contributed by atoms with Gasteiger partial charge >= 0.3 is 0 Å². The second kappa shape index (κ2) is 5.85. The van der Waals surface area contributed by atoms with Gasteiger partial charge in [-0.1, -0.05) is 32.6 Å². The average Bonchev–Trinajstić information content (AvgIpc) is 2.68. The Balaban J connectivity index is 2.14. The molecule has 0 saturated heterocycles. The van der Waals surface area contributed by atoms with Gasteiger partial charge in [-0.05, 0) is 52.7 Å². The lowest BCUT2D eigenvalue weighted by Gasteiger charge is -2.34. The minimum absolute atomic E-state index is 0.246. The summed E-state index contributed by atoms with van der Waals surface area (Å²) in [6, 6.07) is 2.51. The molecular weight excluding hydrogens is 294 g/mol. The van der Waals surface area contributed by atoms with Gasteiger partial charge in [0.2, 0.25) is 0 Å². The normalized spacial score (nSPS) is 27.1. The number of hydrogen-bond acceptors (Lipinski definition) is 2. The molecule has 0 aliphatic heterocycles. The van der Waals surface area contributed by atoms with Crippen molar-refractivity contribution < 1.29 is 0 Å². The van der Waals surface area contributed by atoms with Crippen LogP contribution in [0, 0.1) is 18.8 Å². The molecule has 96 valence electrons. The van der Waals surface area contributed by atoms with Crippen LogP contribution in [-0.2, 0) is 0 Å². The maximum Gasteiger partial charge on any atom is 0.0731 e. The van der Waals surface area contributed by atoms with Gasteiger partial charge in [-0.25, -0.2) is 0 Å². The van der Waals surface area contributed by atoms with Gasteiger partial charge in [-0.2, -0.15) is 0 Å². The van der Waals surface area contributed by atoms with E-state index in [-0.39, 0.29) is 6.04 Å². The van der Waals surface area contributed by atoms with Gasteiger partial charge in [0.05, 0.1) is 3.79 Å². The SMILES string of the molecule is CCC1CCCCC1C(N)c1cc(C)c(Br)s1. The summed E-state index contributed by atoms with van der Waals surface area (Å²) in [7, 11) is 0. The number of aryl methyl sites for hydroxylation is 1. The molecule has 0 amide bonds. The minimum Gasteiger partial charge on any atom is -0.323 e. The first kappa shape index (κ1) is 13.6. The zero-order valence-electron chi connectivity index (χ0n) is 10.7. The Morgan fingerprint density at radius 2 is 2.18 bits per heavy atom. The van der Waals surface area contributed by atoms with Crippen LogP contribution in [0.2, 0.25) is 0 Å². The molecule has 1 aromatic rings. The van der Waals surface area contributed by atoms with Crippen LogP contribution in [0.3, 0.4) is 0 Å². The molecule has 2 rings (SSSR count). The summed E-state index contributed by atoms with van der Waals surface area (Å²) in [5, 5.41) is 0. The van der Waals surface area contributed by atoms with Crippen molar-refractivity contribution in [3.05, 3.63) is 20.3 Å². The number of rotatable bonds is 3. The van der Waals surface area contributed by atoms with Gasteiger partial charge in [0.15, 0.2) is 0 Å². The van der Waals surface area contributed by atoms with E-state index >= 15 is 0 Å². The second-order valence-electron chi connectivity index (χ2n) is 5.25. The number of halogens is 1. The summed E-state index contributed by atoms with van der Waals surface area (Å²) < 4.78 is 1.24. The van der Waals surface area contributed by atoms with Crippen molar-refractivity contribution in [3.8, 4) is 0 Å². The molecule has 1 heterocycles. The van der Waals surface area contributed by atoms with Crippen LogP contribution in [0.25, 0.3) is 0 Å². The Hall–Kier alpha value is 0.140. The van der Waals surface area contributed by atoms with Gasteiger partial charge < -0.3 is 5.73 Å². The maximum absolute atomic E-state index is 6.51. The predicted octanol–water partition coefficient (Wildman–Crippen LogP) is 5.04. The van der Waals surface area contributed by atoms with Crippen molar-refractivity contribution >= 4 is 27.3 Å². The molecule has 0 aromatic carbocycles. The van der Waals surface area contributed by atoms with Crippen LogP contribution in [0.4, 0.5) is 0 Å². The van der Waals surface area contributed by atoms with Crippen LogP contribution in [0.15, 0.2) is 9.85 Å². The van der Waals surface area contributed by atoms with Crippen LogP contribution in [0.5, 0.6) is 0 Å². The third-order valence-electron chi connectivity index (χ3n) is 4.16. The molecule has 3 atom stereocenters. The average molecular weight is 316 g/mol. The third-order valence-corrected chi connectivity index (χ3v) is 6.40. The van der Waals surface area contributed by atoms with E-state index in [0.29, 0.717) is 5.92 Å². The van der Waals surface area contributed by atoms with E-state index in [1.54, 1.807) is 0 Å². The summed E-state index contributed by atoms with van der Waals surface area (Å²) in [6.07, 6.45) is 6.73. The lowest BCUT2D eigenvalue weighted by Crippen LogP contribution is -2.29. The molecule has 1 fully saturated rings. The molecule has 1 nitrogen and oxygen atoms in total. The summed E-state index contributed by atoms with van der Waals surface area (Å²) in [4.78, 5) is 1.36. The standard InChI is InChI=1S/C14H22BrNS/c1-3-10-6-4-5-7-11(10)13(16)12-8-9(2)14(15)17-12/h8,10-11,13H,3-7,16H2,1-2H3. The first-order valence-electron chi connectivity index (χ1n) is 6.65. The summed E-state index contributed by atoms with van der Waals surface area (Å²) in [6.45, 7) is 4.46. The minimum atomic E-state index is 0.246. The van der Waals surface area contributed by atoms with Gasteiger partial charge in [-0.15, -0.1) is 11.3 Å². The monoisotopic (exact) mass is 315 g/mol. The Kier molecular flexibility index (Phi) is 4.67. The molecular formula is C14H22BrNS. The lowest BCUT2D eigenvalue weighted by molar-refractivity contribution is 0.198. The fourth-order valence-corrected chi connectivity index (χ4v) is 4.72. The Morgan fingerprint density at radius 1 is 1.47 bits per heavy atom. The van der Waals surface area contributed by atoms with Crippen molar-refractivity contribution in [2.45, 2.75) is 52.0 Å². The van der Waals surface area contributed by atoms with Crippen molar-refractivity contribution in [1.82, 2.24) is 0 Å². The quantitative estimate of drug-likeness (QED) is 0.831. The number of hydrogen-bond donors (Lipinski definition) is 1. The fourth-order valence-electron chi connectivity index (χ4n) is 3.07. The Bertz CT molecular complexity index is 355. The number of nitrogens with two attached hydrogens (primary N) is 1. The summed E-state index contributed by atoms with van der Waals surface area (Å²) in [5.41, 5.74) is 7.83. The number of thiophene rings is 1. The highest BCUT2D eigenvalue weighted by Crippen LogP contribution is 2.42. The maximum atomic E-state index is 6.51. The zero-order chi connectivity index (χ0) is 12.4. The smallest absolute Gasteiger partial charge is 0.0731 e. The first-order chi connectivity index (χ1) is 8.13. The molecule has 17 heavy (non-hydrogen) atoms. The molecule has 1 aromatic heterocycles. The molecule has 0 spiro atoms. The highest BCUT2D eigenvalue weighted by Gasteiger charge is 2.30. The van der Waals surface area contributed by atoms with Crippen molar-refractivity contribution in [2.75, 3.05) is 0 Å². The Morgan fingerprint density at radius 3 is 2.76 bits per heavy atom. The van der Waals surface area contributed by atoms with E-state index in [9.17, 15) is 0 Å². The highest BCUT2D eigenvalue weighted by atomic mass is 79.9. The van der Waals surface area contributed by atoms with E-state index in [2.05, 4.69) is 35.8 Å². The van der Waals surface area contributed by atoms with E-state index < -0.39 is 0 Å².